The molecule has 2 aromatic rings. The van der Waals surface area contributed by atoms with Crippen molar-refractivity contribution in [3.8, 4) is 0 Å². The molecule has 0 aliphatic carbocycles. The Kier molecular flexibility index (Phi) is 5.66. The number of hydrogen-bond acceptors (Lipinski definition) is 7. The summed E-state index contributed by atoms with van der Waals surface area (Å²) in [7, 11) is 0. The van der Waals surface area contributed by atoms with Gasteiger partial charge in [-0.15, -0.1) is 11.3 Å². The highest BCUT2D eigenvalue weighted by Gasteiger charge is 2.33. The number of benzene rings is 1. The molecule has 3 rings (SSSR count). The van der Waals surface area contributed by atoms with Crippen molar-refractivity contribution in [1.82, 2.24) is 4.98 Å². The minimum atomic E-state index is -1.17. The summed E-state index contributed by atoms with van der Waals surface area (Å²) < 4.78 is 21.2. The van der Waals surface area contributed by atoms with Gasteiger partial charge in [-0.1, -0.05) is 5.16 Å². The quantitative estimate of drug-likeness (QED) is 0.458. The number of oxime groups is 1. The van der Waals surface area contributed by atoms with Crippen LogP contribution in [-0.4, -0.2) is 52.3 Å². The molecule has 0 spiro atoms. The number of morpholine rings is 1. The molecule has 1 aromatic carbocycles. The third-order valence-corrected chi connectivity index (χ3v) is 5.59. The first-order valence-electron chi connectivity index (χ1n) is 8.84. The predicted octanol–water partition coefficient (Wildman–Crippen LogP) is 3.44. The molecule has 2 N–H and O–H groups in total. The molecule has 7 nitrogen and oxygen atoms in total. The maximum atomic E-state index is 15.5. The van der Waals surface area contributed by atoms with Gasteiger partial charge in [-0.05, 0) is 33.3 Å². The maximum absolute atomic E-state index is 15.5. The van der Waals surface area contributed by atoms with Crippen molar-refractivity contribution in [2.75, 3.05) is 18.0 Å². The number of hydrogen-bond donors (Lipinski definition) is 2. The predicted molar refractivity (Wildman–Crippen MR) is 105 cm³/mol. The van der Waals surface area contributed by atoms with E-state index in [1.165, 1.54) is 24.5 Å². The number of aromatic nitrogens is 1. The number of thiazole rings is 1. The van der Waals surface area contributed by atoms with Crippen molar-refractivity contribution < 1.29 is 24.2 Å². The molecule has 1 saturated heterocycles. The molecule has 0 unspecified atom stereocenters. The van der Waals surface area contributed by atoms with Crippen LogP contribution in [0.2, 0.25) is 0 Å². The fourth-order valence-corrected chi connectivity index (χ4v) is 4.41. The summed E-state index contributed by atoms with van der Waals surface area (Å²) in [5.41, 5.74) is 0.589. The van der Waals surface area contributed by atoms with Gasteiger partial charge in [0.05, 0.1) is 23.5 Å². The second-order valence-electron chi connectivity index (χ2n) is 6.92. The Labute approximate surface area is 166 Å². The van der Waals surface area contributed by atoms with Gasteiger partial charge in [0.15, 0.2) is 0 Å². The third-order valence-electron chi connectivity index (χ3n) is 4.81. The molecule has 2 atom stereocenters. The SMILES string of the molecule is Cc1c(C(=NO)c2nccs2)c(F)c(C)c(N2C[C@@H](C)O[C@@H](C)C2)c1C(=O)O. The van der Waals surface area contributed by atoms with Crippen LogP contribution >= 0.6 is 11.3 Å². The summed E-state index contributed by atoms with van der Waals surface area (Å²) in [4.78, 5) is 18.1. The van der Waals surface area contributed by atoms with Crippen LogP contribution in [0.25, 0.3) is 0 Å². The molecule has 150 valence electrons. The molecule has 0 radical (unpaired) electrons. The maximum Gasteiger partial charge on any atom is 0.338 e. The second-order valence-corrected chi connectivity index (χ2v) is 7.81. The van der Waals surface area contributed by atoms with Crippen molar-refractivity contribution in [2.45, 2.75) is 39.9 Å². The highest BCUT2D eigenvalue weighted by Crippen LogP contribution is 2.36. The lowest BCUT2D eigenvalue weighted by Gasteiger charge is -2.38. The van der Waals surface area contributed by atoms with Gasteiger partial charge in [-0.2, -0.15) is 0 Å². The Morgan fingerprint density at radius 2 is 1.93 bits per heavy atom. The standard InChI is InChI=1S/C19H22FN3O4S/c1-9-7-23(8-10(2)27-9)17-12(4)15(20)13(11(3)14(17)19(24)25)16(22-26)18-21-5-6-28-18/h5-6,9-10,26H,7-8H2,1-4H3,(H,24,25)/t9-,10+. The van der Waals surface area contributed by atoms with E-state index in [-0.39, 0.29) is 40.2 Å². The van der Waals surface area contributed by atoms with Crippen LogP contribution in [0, 0.1) is 19.7 Å². The van der Waals surface area contributed by atoms with Gasteiger partial charge in [0.25, 0.3) is 0 Å². The Bertz CT molecular complexity index is 920. The Morgan fingerprint density at radius 1 is 1.29 bits per heavy atom. The van der Waals surface area contributed by atoms with Gasteiger partial charge in [-0.3, -0.25) is 0 Å². The Morgan fingerprint density at radius 3 is 2.43 bits per heavy atom. The van der Waals surface area contributed by atoms with E-state index in [0.29, 0.717) is 23.8 Å². The van der Waals surface area contributed by atoms with Crippen LogP contribution in [0.1, 0.15) is 45.9 Å². The van der Waals surface area contributed by atoms with Crippen LogP contribution in [0.3, 0.4) is 0 Å². The molecule has 0 bridgehead atoms. The normalized spacial score (nSPS) is 20.5. The smallest absolute Gasteiger partial charge is 0.338 e. The van der Waals surface area contributed by atoms with Crippen LogP contribution in [0.5, 0.6) is 0 Å². The van der Waals surface area contributed by atoms with Gasteiger partial charge < -0.3 is 20.0 Å². The molecule has 1 aliphatic heterocycles. The summed E-state index contributed by atoms with van der Waals surface area (Å²) in [6.07, 6.45) is 1.28. The number of carboxylic acids is 1. The average Bonchev–Trinajstić information content (AvgIpc) is 3.14. The number of anilines is 1. The molecular formula is C19H22FN3O4S. The molecule has 28 heavy (non-hydrogen) atoms. The topological polar surface area (TPSA) is 95.3 Å². The Hall–Kier alpha value is -2.52. The van der Waals surface area contributed by atoms with Gasteiger partial charge in [0.1, 0.15) is 16.5 Å². The third kappa shape index (κ3) is 3.47. The monoisotopic (exact) mass is 407 g/mol. The second kappa shape index (κ2) is 7.84. The van der Waals surface area contributed by atoms with Crippen LogP contribution in [0.15, 0.2) is 16.7 Å². The van der Waals surface area contributed by atoms with Gasteiger partial charge in [-0.25, -0.2) is 14.2 Å². The van der Waals surface area contributed by atoms with Crippen molar-refractivity contribution >= 4 is 28.7 Å². The molecule has 1 aromatic heterocycles. The zero-order valence-corrected chi connectivity index (χ0v) is 16.9. The molecular weight excluding hydrogens is 385 g/mol. The van der Waals surface area contributed by atoms with Gasteiger partial charge in [0, 0.05) is 35.8 Å². The van der Waals surface area contributed by atoms with E-state index in [1.807, 2.05) is 18.7 Å². The molecule has 1 aliphatic rings. The van der Waals surface area contributed by atoms with E-state index in [1.54, 1.807) is 12.3 Å². The number of nitrogens with zero attached hydrogens (tertiary/aromatic N) is 3. The fraction of sp³-hybridized carbons (Fsp3) is 0.421. The van der Waals surface area contributed by atoms with E-state index in [4.69, 9.17) is 4.74 Å². The zero-order valence-electron chi connectivity index (χ0n) is 16.1. The first-order chi connectivity index (χ1) is 13.3. The molecule has 0 saturated carbocycles. The summed E-state index contributed by atoms with van der Waals surface area (Å²) >= 11 is 1.18. The number of rotatable bonds is 4. The fourth-order valence-electron chi connectivity index (χ4n) is 3.79. The molecule has 2 heterocycles. The van der Waals surface area contributed by atoms with Crippen molar-refractivity contribution in [1.29, 1.82) is 0 Å². The zero-order chi connectivity index (χ0) is 20.6. The first kappa shape index (κ1) is 20.2. The van der Waals surface area contributed by atoms with Gasteiger partial charge in [0.2, 0.25) is 0 Å². The van der Waals surface area contributed by atoms with Crippen molar-refractivity contribution in [2.24, 2.45) is 5.16 Å². The highest BCUT2D eigenvalue weighted by molar-refractivity contribution is 7.11. The van der Waals surface area contributed by atoms with E-state index < -0.39 is 11.8 Å². The van der Waals surface area contributed by atoms with Crippen molar-refractivity contribution in [3.63, 3.8) is 0 Å². The summed E-state index contributed by atoms with van der Waals surface area (Å²) in [5, 5.41) is 24.7. The average molecular weight is 407 g/mol. The van der Waals surface area contributed by atoms with E-state index in [0.717, 1.165) is 0 Å². The van der Waals surface area contributed by atoms with Crippen molar-refractivity contribution in [3.05, 3.63) is 44.7 Å². The van der Waals surface area contributed by atoms with Crippen LogP contribution in [0.4, 0.5) is 10.1 Å². The van der Waals surface area contributed by atoms with E-state index in [9.17, 15) is 15.1 Å². The lowest BCUT2D eigenvalue weighted by molar-refractivity contribution is -0.00537. The first-order valence-corrected chi connectivity index (χ1v) is 9.72. The minimum absolute atomic E-state index is 0.00657. The summed E-state index contributed by atoms with van der Waals surface area (Å²) in [5.74, 6) is -1.78. The van der Waals surface area contributed by atoms with Crippen LogP contribution < -0.4 is 4.90 Å². The molecule has 1 fully saturated rings. The number of carbonyl (C=O) groups is 1. The number of halogens is 1. The van der Waals surface area contributed by atoms with Gasteiger partial charge >= 0.3 is 5.97 Å². The summed E-state index contributed by atoms with van der Waals surface area (Å²) in [6, 6.07) is 0. The van der Waals surface area contributed by atoms with E-state index >= 15 is 4.39 Å². The van der Waals surface area contributed by atoms with Crippen LogP contribution in [-0.2, 0) is 4.74 Å². The lowest BCUT2D eigenvalue weighted by atomic mass is 9.92. The van der Waals surface area contributed by atoms with E-state index in [2.05, 4.69) is 10.1 Å². The molecule has 0 amide bonds. The number of aromatic carboxylic acids is 1. The number of carboxylic acid groups (broad SMARTS) is 1. The Balaban J connectivity index is 2.25. The summed E-state index contributed by atoms with van der Waals surface area (Å²) in [6.45, 7) is 7.77. The lowest BCUT2D eigenvalue weighted by Crippen LogP contribution is -2.46. The highest BCUT2D eigenvalue weighted by atomic mass is 32.1. The molecule has 9 heteroatoms. The minimum Gasteiger partial charge on any atom is -0.478 e. The number of ether oxygens (including phenoxy) is 1. The largest absolute Gasteiger partial charge is 0.478 e.